The molecule has 0 saturated carbocycles. The van der Waals surface area contributed by atoms with Crippen LogP contribution in [0.1, 0.15) is 41.5 Å². The zero-order valence-electron chi connectivity index (χ0n) is 12.3. The first-order valence-corrected chi connectivity index (χ1v) is 7.20. The summed E-state index contributed by atoms with van der Waals surface area (Å²) in [6, 6.07) is 4.04. The smallest absolute Gasteiger partial charge is 0.254 e. The van der Waals surface area contributed by atoms with Crippen molar-refractivity contribution < 1.29 is 13.9 Å². The summed E-state index contributed by atoms with van der Waals surface area (Å²) >= 11 is 0. The van der Waals surface area contributed by atoms with Crippen molar-refractivity contribution in [2.75, 3.05) is 13.7 Å². The van der Waals surface area contributed by atoms with Gasteiger partial charge in [-0.05, 0) is 37.5 Å². The summed E-state index contributed by atoms with van der Waals surface area (Å²) in [6.07, 6.45) is 4.24. The maximum Gasteiger partial charge on any atom is 0.254 e. The zero-order chi connectivity index (χ0) is 15.5. The van der Waals surface area contributed by atoms with Crippen molar-refractivity contribution in [3.8, 4) is 5.75 Å². The van der Waals surface area contributed by atoms with Crippen LogP contribution in [0.25, 0.3) is 0 Å². The first-order valence-electron chi connectivity index (χ1n) is 7.20. The van der Waals surface area contributed by atoms with Gasteiger partial charge in [0.1, 0.15) is 12.2 Å². The minimum Gasteiger partial charge on any atom is -0.494 e. The van der Waals surface area contributed by atoms with Crippen molar-refractivity contribution in [2.45, 2.75) is 25.3 Å². The van der Waals surface area contributed by atoms with Gasteiger partial charge >= 0.3 is 0 Å². The molecule has 116 valence electrons. The fourth-order valence-corrected chi connectivity index (χ4v) is 2.79. The summed E-state index contributed by atoms with van der Waals surface area (Å²) < 4.78 is 18.5. The number of likely N-dealkylation sites (tertiary alicyclic amines) is 1. The topological polar surface area (TPSA) is 71.1 Å². The Hall–Kier alpha value is -2.44. The fraction of sp³-hybridized carbons (Fsp3) is 0.400. The molecule has 1 aliphatic rings. The lowest BCUT2D eigenvalue weighted by Crippen LogP contribution is -2.39. The molecular formula is C15H17FN4O2. The highest BCUT2D eigenvalue weighted by atomic mass is 19.1. The number of aromatic nitrogens is 3. The number of carbonyl (C=O) groups is 1. The van der Waals surface area contributed by atoms with Gasteiger partial charge in [-0.3, -0.25) is 9.89 Å². The van der Waals surface area contributed by atoms with Gasteiger partial charge in [0.05, 0.1) is 13.2 Å². The van der Waals surface area contributed by atoms with Crippen LogP contribution in [-0.4, -0.2) is 39.6 Å². The van der Waals surface area contributed by atoms with Crippen molar-refractivity contribution in [1.29, 1.82) is 0 Å². The van der Waals surface area contributed by atoms with E-state index in [2.05, 4.69) is 15.2 Å². The molecule has 1 saturated heterocycles. The number of piperidine rings is 1. The summed E-state index contributed by atoms with van der Waals surface area (Å²) in [5, 5.41) is 6.69. The normalized spacial score (nSPS) is 18.3. The van der Waals surface area contributed by atoms with Crippen LogP contribution in [0.5, 0.6) is 5.75 Å². The van der Waals surface area contributed by atoms with Crippen molar-refractivity contribution in [3.63, 3.8) is 0 Å². The lowest BCUT2D eigenvalue weighted by Gasteiger charge is -2.34. The summed E-state index contributed by atoms with van der Waals surface area (Å²) in [4.78, 5) is 18.7. The average Bonchev–Trinajstić information content (AvgIpc) is 3.09. The number of rotatable bonds is 3. The lowest BCUT2D eigenvalue weighted by molar-refractivity contribution is 0.0600. The van der Waals surface area contributed by atoms with Gasteiger partial charge in [-0.2, -0.15) is 5.10 Å². The van der Waals surface area contributed by atoms with Crippen molar-refractivity contribution in [3.05, 3.63) is 41.7 Å². The number of hydrogen-bond donors (Lipinski definition) is 1. The Morgan fingerprint density at radius 1 is 1.45 bits per heavy atom. The number of amides is 1. The molecule has 3 rings (SSSR count). The van der Waals surface area contributed by atoms with Gasteiger partial charge in [0.15, 0.2) is 11.6 Å². The van der Waals surface area contributed by atoms with Crippen LogP contribution < -0.4 is 4.74 Å². The van der Waals surface area contributed by atoms with Gasteiger partial charge in [-0.1, -0.05) is 0 Å². The van der Waals surface area contributed by atoms with E-state index >= 15 is 0 Å². The number of nitrogens with zero attached hydrogens (tertiary/aromatic N) is 3. The van der Waals surface area contributed by atoms with E-state index in [0.717, 1.165) is 19.3 Å². The highest BCUT2D eigenvalue weighted by Crippen LogP contribution is 2.30. The predicted molar refractivity (Wildman–Crippen MR) is 77.0 cm³/mol. The van der Waals surface area contributed by atoms with E-state index in [0.29, 0.717) is 17.9 Å². The molecule has 1 aromatic carbocycles. The molecule has 7 heteroatoms. The van der Waals surface area contributed by atoms with Crippen LogP contribution >= 0.6 is 0 Å². The number of H-pyrrole nitrogens is 1. The second-order valence-electron chi connectivity index (χ2n) is 5.23. The van der Waals surface area contributed by atoms with Crippen molar-refractivity contribution in [2.24, 2.45) is 0 Å². The van der Waals surface area contributed by atoms with E-state index < -0.39 is 5.82 Å². The zero-order valence-corrected chi connectivity index (χ0v) is 12.3. The maximum atomic E-state index is 13.5. The fourth-order valence-electron chi connectivity index (χ4n) is 2.79. The lowest BCUT2D eigenvalue weighted by atomic mass is 10.00. The minimum atomic E-state index is -0.482. The molecular weight excluding hydrogens is 287 g/mol. The van der Waals surface area contributed by atoms with Crippen LogP contribution in [0.15, 0.2) is 24.5 Å². The molecule has 0 radical (unpaired) electrons. The summed E-state index contributed by atoms with van der Waals surface area (Å²) in [7, 11) is 1.38. The first-order chi connectivity index (χ1) is 10.7. The van der Waals surface area contributed by atoms with Gasteiger partial charge in [0.2, 0.25) is 0 Å². The Morgan fingerprint density at radius 3 is 3.05 bits per heavy atom. The standard InChI is InChI=1S/C15H17FN4O2/c1-22-13-8-10(5-6-11(13)16)15(21)20-7-3-2-4-12(20)14-17-9-18-19-14/h5-6,8-9,12H,2-4,7H2,1H3,(H,17,18,19)/t12-/m1/s1. The van der Waals surface area contributed by atoms with E-state index in [1.165, 1.54) is 31.6 Å². The molecule has 1 atom stereocenters. The van der Waals surface area contributed by atoms with E-state index in [1.807, 2.05) is 0 Å². The third-order valence-electron chi connectivity index (χ3n) is 3.91. The molecule has 1 fully saturated rings. The number of methoxy groups -OCH3 is 1. The molecule has 0 aliphatic carbocycles. The molecule has 0 unspecified atom stereocenters. The molecule has 0 bridgehead atoms. The summed E-state index contributed by atoms with van der Waals surface area (Å²) in [5.74, 6) is 0.116. The van der Waals surface area contributed by atoms with Gasteiger partial charge in [-0.25, -0.2) is 9.37 Å². The molecule has 2 aromatic rings. The summed E-state index contributed by atoms with van der Waals surface area (Å²) in [5.41, 5.74) is 0.407. The third-order valence-corrected chi connectivity index (χ3v) is 3.91. The van der Waals surface area contributed by atoms with Crippen molar-refractivity contribution in [1.82, 2.24) is 20.1 Å². The minimum absolute atomic E-state index is 0.0686. The van der Waals surface area contributed by atoms with E-state index in [9.17, 15) is 9.18 Å². The van der Waals surface area contributed by atoms with E-state index in [-0.39, 0.29) is 17.7 Å². The highest BCUT2D eigenvalue weighted by molar-refractivity contribution is 5.95. The predicted octanol–water partition coefficient (Wildman–Crippen LogP) is 2.32. The Bertz CT molecular complexity index is 660. The molecule has 6 nitrogen and oxygen atoms in total. The highest BCUT2D eigenvalue weighted by Gasteiger charge is 2.30. The Labute approximate surface area is 127 Å². The Balaban J connectivity index is 1.89. The van der Waals surface area contributed by atoms with Gasteiger partial charge in [0, 0.05) is 12.1 Å². The molecule has 1 aliphatic heterocycles. The number of hydrogen-bond acceptors (Lipinski definition) is 4. The van der Waals surface area contributed by atoms with Crippen LogP contribution in [0.2, 0.25) is 0 Å². The van der Waals surface area contributed by atoms with Crippen LogP contribution in [0.3, 0.4) is 0 Å². The number of carbonyl (C=O) groups excluding carboxylic acids is 1. The molecule has 1 amide bonds. The molecule has 2 heterocycles. The molecule has 1 aromatic heterocycles. The van der Waals surface area contributed by atoms with Crippen molar-refractivity contribution >= 4 is 5.91 Å². The largest absolute Gasteiger partial charge is 0.494 e. The first kappa shape index (κ1) is 14.5. The number of halogens is 1. The molecule has 1 N–H and O–H groups in total. The number of aromatic amines is 1. The maximum absolute atomic E-state index is 13.5. The Kier molecular flexibility index (Phi) is 4.04. The van der Waals surface area contributed by atoms with Gasteiger partial charge in [-0.15, -0.1) is 0 Å². The quantitative estimate of drug-likeness (QED) is 0.944. The Morgan fingerprint density at radius 2 is 2.32 bits per heavy atom. The third kappa shape index (κ3) is 2.66. The monoisotopic (exact) mass is 304 g/mol. The van der Waals surface area contributed by atoms with Crippen LogP contribution in [0.4, 0.5) is 4.39 Å². The van der Waals surface area contributed by atoms with E-state index in [4.69, 9.17) is 4.74 Å². The van der Waals surface area contributed by atoms with E-state index in [1.54, 1.807) is 4.90 Å². The second kappa shape index (κ2) is 6.13. The average molecular weight is 304 g/mol. The van der Waals surface area contributed by atoms with Crippen LogP contribution in [-0.2, 0) is 0 Å². The van der Waals surface area contributed by atoms with Gasteiger partial charge in [0.25, 0.3) is 5.91 Å². The van der Waals surface area contributed by atoms with Gasteiger partial charge < -0.3 is 9.64 Å². The second-order valence-corrected chi connectivity index (χ2v) is 5.23. The van der Waals surface area contributed by atoms with Crippen LogP contribution in [0, 0.1) is 5.82 Å². The molecule has 0 spiro atoms. The number of nitrogens with one attached hydrogen (secondary N) is 1. The SMILES string of the molecule is COc1cc(C(=O)N2CCCC[C@@H]2c2ncn[nH]2)ccc1F. The summed E-state index contributed by atoms with van der Waals surface area (Å²) in [6.45, 7) is 0.643. The number of benzene rings is 1. The number of ether oxygens (including phenoxy) is 1. The molecule has 22 heavy (non-hydrogen) atoms.